The van der Waals surface area contributed by atoms with E-state index in [1.807, 2.05) is 0 Å². The van der Waals surface area contributed by atoms with Crippen molar-refractivity contribution >= 4 is 27.3 Å². The van der Waals surface area contributed by atoms with Crippen molar-refractivity contribution in [3.63, 3.8) is 0 Å². The van der Waals surface area contributed by atoms with Crippen molar-refractivity contribution in [1.82, 2.24) is 10.0 Å². The van der Waals surface area contributed by atoms with Crippen molar-refractivity contribution < 1.29 is 26.4 Å². The molecule has 1 amide bonds. The summed E-state index contributed by atoms with van der Waals surface area (Å²) >= 11 is 1.22. The minimum atomic E-state index is -4.22. The van der Waals surface area contributed by atoms with Crippen molar-refractivity contribution in [3.8, 4) is 0 Å². The van der Waals surface area contributed by atoms with Crippen LogP contribution in [-0.2, 0) is 16.4 Å². The lowest BCUT2D eigenvalue weighted by atomic mass is 9.85. The predicted molar refractivity (Wildman–Crippen MR) is 90.1 cm³/mol. The van der Waals surface area contributed by atoms with Gasteiger partial charge in [-0.1, -0.05) is 6.42 Å². The van der Waals surface area contributed by atoms with Gasteiger partial charge in [0.15, 0.2) is 0 Å². The Morgan fingerprint density at radius 3 is 2.68 bits per heavy atom. The average Bonchev–Trinajstić information content (AvgIpc) is 2.94. The normalized spacial score (nSPS) is 21.9. The molecule has 0 spiro atoms. The Kier molecular flexibility index (Phi) is 6.50. The smallest absolute Gasteiger partial charge is 0.349 e. The first-order chi connectivity index (χ1) is 11.5. The molecule has 1 heterocycles. The van der Waals surface area contributed by atoms with Gasteiger partial charge >= 0.3 is 6.18 Å². The molecule has 10 heteroatoms. The van der Waals surface area contributed by atoms with Gasteiger partial charge in [0.25, 0.3) is 5.91 Å². The highest BCUT2D eigenvalue weighted by Crippen LogP contribution is 2.37. The fourth-order valence-electron chi connectivity index (χ4n) is 2.87. The average molecular weight is 398 g/mol. The monoisotopic (exact) mass is 398 g/mol. The number of alkyl halides is 3. The number of nitrogens with one attached hydrogen (secondary N) is 2. The van der Waals surface area contributed by atoms with Crippen molar-refractivity contribution in [1.29, 1.82) is 0 Å². The topological polar surface area (TPSA) is 75.3 Å². The van der Waals surface area contributed by atoms with Crippen molar-refractivity contribution in [2.75, 3.05) is 12.8 Å². The minimum Gasteiger partial charge on any atom is -0.349 e. The lowest BCUT2D eigenvalue weighted by molar-refractivity contribution is -0.183. The van der Waals surface area contributed by atoms with Crippen molar-refractivity contribution in [3.05, 3.63) is 21.9 Å². The van der Waals surface area contributed by atoms with Crippen LogP contribution in [-0.4, -0.2) is 39.3 Å². The van der Waals surface area contributed by atoms with E-state index in [1.165, 1.54) is 11.3 Å². The van der Waals surface area contributed by atoms with E-state index in [9.17, 15) is 26.4 Å². The molecule has 2 atom stereocenters. The number of sulfonamides is 1. The van der Waals surface area contributed by atoms with Crippen LogP contribution in [0.15, 0.2) is 12.1 Å². The Hall–Kier alpha value is -1.13. The maximum atomic E-state index is 12.8. The van der Waals surface area contributed by atoms with Crippen LogP contribution >= 0.6 is 11.3 Å². The molecular formula is C15H21F3N2O3S2. The summed E-state index contributed by atoms with van der Waals surface area (Å²) in [4.78, 5) is 13.5. The third-order valence-electron chi connectivity index (χ3n) is 4.09. The molecule has 0 aromatic carbocycles. The fourth-order valence-corrected chi connectivity index (χ4v) is 4.25. The largest absolute Gasteiger partial charge is 0.391 e. The summed E-state index contributed by atoms with van der Waals surface area (Å²) in [5.41, 5.74) is 0. The fraction of sp³-hybridized carbons (Fsp3) is 0.667. The molecule has 0 bridgehead atoms. The zero-order chi connectivity index (χ0) is 18.7. The van der Waals surface area contributed by atoms with Gasteiger partial charge in [0.1, 0.15) is 0 Å². The molecule has 0 saturated heterocycles. The van der Waals surface area contributed by atoms with E-state index in [0.29, 0.717) is 24.1 Å². The molecule has 1 aliphatic carbocycles. The quantitative estimate of drug-likeness (QED) is 0.774. The third kappa shape index (κ3) is 6.59. The third-order valence-corrected chi connectivity index (χ3v) is 5.97. The summed E-state index contributed by atoms with van der Waals surface area (Å²) in [5.74, 6) is -1.73. The van der Waals surface area contributed by atoms with Gasteiger partial charge in [-0.2, -0.15) is 13.2 Å². The van der Waals surface area contributed by atoms with E-state index in [2.05, 4.69) is 10.0 Å². The Morgan fingerprint density at radius 1 is 1.32 bits per heavy atom. The van der Waals surface area contributed by atoms with Crippen LogP contribution in [0.25, 0.3) is 0 Å². The molecular weight excluding hydrogens is 377 g/mol. The van der Waals surface area contributed by atoms with Gasteiger partial charge in [0, 0.05) is 17.5 Å². The van der Waals surface area contributed by atoms with Crippen LogP contribution in [0.1, 0.15) is 40.2 Å². The molecule has 1 aromatic heterocycles. The Bertz CT molecular complexity index is 701. The molecule has 25 heavy (non-hydrogen) atoms. The first-order valence-corrected chi connectivity index (χ1v) is 10.7. The summed E-state index contributed by atoms with van der Waals surface area (Å²) in [6.45, 7) is 0.232. The van der Waals surface area contributed by atoms with Crippen LogP contribution < -0.4 is 10.0 Å². The zero-order valence-electron chi connectivity index (χ0n) is 13.7. The van der Waals surface area contributed by atoms with Crippen molar-refractivity contribution in [2.24, 2.45) is 5.92 Å². The van der Waals surface area contributed by atoms with Gasteiger partial charge in [0.05, 0.1) is 17.1 Å². The lowest BCUT2D eigenvalue weighted by Crippen LogP contribution is -2.41. The molecule has 2 unspecified atom stereocenters. The molecule has 2 N–H and O–H groups in total. The van der Waals surface area contributed by atoms with Gasteiger partial charge in [-0.3, -0.25) is 4.79 Å². The molecule has 1 fully saturated rings. The maximum Gasteiger partial charge on any atom is 0.391 e. The first-order valence-electron chi connectivity index (χ1n) is 7.95. The standard InChI is InChI=1S/C15H21F3N2O3S2/c1-25(22,23)19-8-7-12-5-6-13(24-12)14(21)20-11-4-2-3-10(9-11)15(16,17)18/h5-6,10-11,19H,2-4,7-9H2,1H3,(H,20,21). The number of thiophene rings is 1. The van der Waals surface area contributed by atoms with Crippen molar-refractivity contribution in [2.45, 2.75) is 44.3 Å². The number of hydrogen-bond acceptors (Lipinski definition) is 4. The number of carbonyl (C=O) groups excluding carboxylic acids is 1. The van der Waals surface area contributed by atoms with E-state index in [0.717, 1.165) is 11.1 Å². The van der Waals surface area contributed by atoms with Crippen LogP contribution in [0.4, 0.5) is 13.2 Å². The van der Waals surface area contributed by atoms with Gasteiger partial charge in [0.2, 0.25) is 10.0 Å². The lowest BCUT2D eigenvalue weighted by Gasteiger charge is -2.30. The maximum absolute atomic E-state index is 12.8. The molecule has 2 rings (SSSR count). The highest BCUT2D eigenvalue weighted by Gasteiger charge is 2.42. The zero-order valence-corrected chi connectivity index (χ0v) is 15.4. The molecule has 1 aromatic rings. The number of amides is 1. The van der Waals surface area contributed by atoms with Gasteiger partial charge in [-0.05, 0) is 37.8 Å². The van der Waals surface area contributed by atoms with E-state index < -0.39 is 28.2 Å². The highest BCUT2D eigenvalue weighted by molar-refractivity contribution is 7.88. The molecule has 1 aliphatic rings. The minimum absolute atomic E-state index is 0.0776. The molecule has 0 aliphatic heterocycles. The summed E-state index contributed by atoms with van der Waals surface area (Å²) in [5, 5.41) is 2.69. The Labute approximate surface area is 149 Å². The summed E-state index contributed by atoms with van der Waals surface area (Å²) < 4.78 is 62.8. The summed E-state index contributed by atoms with van der Waals surface area (Å²) in [7, 11) is -3.26. The van der Waals surface area contributed by atoms with E-state index >= 15 is 0 Å². The number of hydrogen-bond donors (Lipinski definition) is 2. The van der Waals surface area contributed by atoms with Crippen LogP contribution in [0.3, 0.4) is 0 Å². The molecule has 5 nitrogen and oxygen atoms in total. The first kappa shape index (κ1) is 20.2. The van der Waals surface area contributed by atoms with Crippen LogP contribution in [0, 0.1) is 5.92 Å². The molecule has 0 radical (unpaired) electrons. The molecule has 1 saturated carbocycles. The van der Waals surface area contributed by atoms with Crippen LogP contribution in [0.5, 0.6) is 0 Å². The second-order valence-corrected chi connectivity index (χ2v) is 9.26. The van der Waals surface area contributed by atoms with E-state index in [-0.39, 0.29) is 25.3 Å². The second-order valence-electron chi connectivity index (χ2n) is 6.26. The predicted octanol–water partition coefficient (Wildman–Crippen LogP) is 2.69. The van der Waals surface area contributed by atoms with E-state index in [1.54, 1.807) is 12.1 Å². The summed E-state index contributed by atoms with van der Waals surface area (Å²) in [6.07, 6.45) is -1.66. The number of halogens is 3. The number of carbonyl (C=O) groups is 1. The van der Waals surface area contributed by atoms with Gasteiger partial charge < -0.3 is 5.32 Å². The summed E-state index contributed by atoms with van der Waals surface area (Å²) in [6, 6.07) is 2.87. The Balaban J connectivity index is 1.87. The number of rotatable bonds is 6. The van der Waals surface area contributed by atoms with E-state index in [4.69, 9.17) is 0 Å². The Morgan fingerprint density at radius 2 is 2.04 bits per heavy atom. The molecule has 142 valence electrons. The highest BCUT2D eigenvalue weighted by atomic mass is 32.2. The van der Waals surface area contributed by atoms with Crippen LogP contribution in [0.2, 0.25) is 0 Å². The van der Waals surface area contributed by atoms with Gasteiger partial charge in [-0.25, -0.2) is 13.1 Å². The second kappa shape index (κ2) is 8.05. The van der Waals surface area contributed by atoms with Gasteiger partial charge in [-0.15, -0.1) is 11.3 Å². The SMILES string of the molecule is CS(=O)(=O)NCCc1ccc(C(=O)NC2CCCC(C(F)(F)F)C2)s1.